The Kier molecular flexibility index (Phi) is 4.29. The molecule has 1 heterocycles. The van der Waals surface area contributed by atoms with Crippen molar-refractivity contribution in [2.45, 2.75) is 44.1 Å². The summed E-state index contributed by atoms with van der Waals surface area (Å²) < 4.78 is 19.1. The first-order valence-corrected chi connectivity index (χ1v) is 7.51. The molecule has 0 spiro atoms. The summed E-state index contributed by atoms with van der Waals surface area (Å²) in [7, 11) is 1.97. The quantitative estimate of drug-likeness (QED) is 0.940. The minimum Gasteiger partial charge on any atom is -0.339 e. The van der Waals surface area contributed by atoms with E-state index in [1.54, 1.807) is 12.1 Å². The fourth-order valence-electron chi connectivity index (χ4n) is 3.07. The van der Waals surface area contributed by atoms with Crippen LogP contribution in [0.1, 0.15) is 48.9 Å². The molecule has 0 bridgehead atoms. The molecule has 1 aromatic carbocycles. The maximum Gasteiger partial charge on any atom is 0.231 e. The summed E-state index contributed by atoms with van der Waals surface area (Å²) in [6.45, 7) is 0. The van der Waals surface area contributed by atoms with E-state index in [0.717, 1.165) is 12.8 Å². The standard InChI is InChI=1S/C16H20FN3O/c1-18-14-9-5-3-7-12(14)16-19-15(20-21-16)10-11-6-2-4-8-13(11)17/h2,4,6,8,12,14,18H,3,5,7,9-10H2,1H3. The van der Waals surface area contributed by atoms with Crippen LogP contribution in [0, 0.1) is 5.82 Å². The van der Waals surface area contributed by atoms with Gasteiger partial charge in [0.15, 0.2) is 5.82 Å². The Morgan fingerprint density at radius 2 is 2.10 bits per heavy atom. The number of aromatic nitrogens is 2. The lowest BCUT2D eigenvalue weighted by Gasteiger charge is -2.28. The van der Waals surface area contributed by atoms with Gasteiger partial charge in [0.2, 0.25) is 5.89 Å². The second kappa shape index (κ2) is 6.35. The first kappa shape index (κ1) is 14.2. The van der Waals surface area contributed by atoms with Gasteiger partial charge in [-0.1, -0.05) is 36.2 Å². The zero-order valence-electron chi connectivity index (χ0n) is 12.2. The first-order valence-electron chi connectivity index (χ1n) is 7.51. The van der Waals surface area contributed by atoms with Gasteiger partial charge in [-0.3, -0.25) is 0 Å². The molecule has 5 heteroatoms. The maximum atomic E-state index is 13.7. The Morgan fingerprint density at radius 1 is 1.29 bits per heavy atom. The molecule has 1 N–H and O–H groups in total. The lowest BCUT2D eigenvalue weighted by Crippen LogP contribution is -2.34. The Morgan fingerprint density at radius 3 is 2.90 bits per heavy atom. The largest absolute Gasteiger partial charge is 0.339 e. The molecule has 2 unspecified atom stereocenters. The molecular formula is C16H20FN3O. The van der Waals surface area contributed by atoms with E-state index in [1.807, 2.05) is 13.1 Å². The fourth-order valence-corrected chi connectivity index (χ4v) is 3.07. The number of nitrogens with zero attached hydrogens (tertiary/aromatic N) is 2. The SMILES string of the molecule is CNC1CCCCC1c1nc(Cc2ccccc2F)no1. The Balaban J connectivity index is 1.75. The molecule has 1 aliphatic carbocycles. The van der Waals surface area contributed by atoms with Gasteiger partial charge in [0, 0.05) is 12.5 Å². The fraction of sp³-hybridized carbons (Fsp3) is 0.500. The molecule has 0 radical (unpaired) electrons. The molecule has 4 nitrogen and oxygen atoms in total. The minimum atomic E-state index is -0.227. The van der Waals surface area contributed by atoms with Crippen molar-refractivity contribution in [2.75, 3.05) is 7.05 Å². The van der Waals surface area contributed by atoms with Crippen LogP contribution in [-0.4, -0.2) is 23.2 Å². The number of likely N-dealkylation sites (N-methyl/N-ethyl adjacent to an activating group) is 1. The van der Waals surface area contributed by atoms with E-state index in [1.165, 1.54) is 18.9 Å². The van der Waals surface area contributed by atoms with Crippen molar-refractivity contribution in [2.24, 2.45) is 0 Å². The van der Waals surface area contributed by atoms with Crippen LogP contribution >= 0.6 is 0 Å². The summed E-state index contributed by atoms with van der Waals surface area (Å²) in [4.78, 5) is 4.48. The highest BCUT2D eigenvalue weighted by molar-refractivity contribution is 5.20. The summed E-state index contributed by atoms with van der Waals surface area (Å²) in [5, 5.41) is 7.35. The minimum absolute atomic E-state index is 0.227. The number of hydrogen-bond donors (Lipinski definition) is 1. The number of rotatable bonds is 4. The van der Waals surface area contributed by atoms with E-state index >= 15 is 0 Å². The van der Waals surface area contributed by atoms with Crippen LogP contribution < -0.4 is 5.32 Å². The normalized spacial score (nSPS) is 22.4. The monoisotopic (exact) mass is 289 g/mol. The highest BCUT2D eigenvalue weighted by Crippen LogP contribution is 2.32. The summed E-state index contributed by atoms with van der Waals surface area (Å²) in [6.07, 6.45) is 4.98. The van der Waals surface area contributed by atoms with Gasteiger partial charge in [0.1, 0.15) is 5.82 Å². The van der Waals surface area contributed by atoms with Gasteiger partial charge in [-0.2, -0.15) is 4.98 Å². The van der Waals surface area contributed by atoms with Gasteiger partial charge in [-0.25, -0.2) is 4.39 Å². The van der Waals surface area contributed by atoms with Crippen LogP contribution in [0.5, 0.6) is 0 Å². The predicted octanol–water partition coefficient (Wildman–Crippen LogP) is 3.05. The average molecular weight is 289 g/mol. The molecule has 2 aromatic rings. The molecule has 3 rings (SSSR count). The topological polar surface area (TPSA) is 51.0 Å². The Labute approximate surface area is 123 Å². The first-order chi connectivity index (χ1) is 10.3. The van der Waals surface area contributed by atoms with Crippen molar-refractivity contribution in [3.05, 3.63) is 47.4 Å². The van der Waals surface area contributed by atoms with Crippen molar-refractivity contribution in [1.82, 2.24) is 15.5 Å². The molecule has 112 valence electrons. The van der Waals surface area contributed by atoms with Crippen LogP contribution in [0.25, 0.3) is 0 Å². The van der Waals surface area contributed by atoms with E-state index < -0.39 is 0 Å². The van der Waals surface area contributed by atoms with Crippen LogP contribution in [0.4, 0.5) is 4.39 Å². The van der Waals surface area contributed by atoms with E-state index in [0.29, 0.717) is 29.7 Å². The van der Waals surface area contributed by atoms with Gasteiger partial charge in [0.05, 0.1) is 5.92 Å². The molecular weight excluding hydrogens is 269 g/mol. The Bertz CT molecular complexity index is 599. The van der Waals surface area contributed by atoms with Gasteiger partial charge >= 0.3 is 0 Å². The van der Waals surface area contributed by atoms with E-state index in [4.69, 9.17) is 4.52 Å². The number of halogens is 1. The van der Waals surface area contributed by atoms with Crippen LogP contribution in [0.15, 0.2) is 28.8 Å². The second-order valence-corrected chi connectivity index (χ2v) is 5.60. The van der Waals surface area contributed by atoms with E-state index in [-0.39, 0.29) is 11.7 Å². The van der Waals surface area contributed by atoms with Crippen molar-refractivity contribution in [3.8, 4) is 0 Å². The lowest BCUT2D eigenvalue weighted by molar-refractivity contribution is 0.269. The zero-order valence-corrected chi connectivity index (χ0v) is 12.2. The zero-order chi connectivity index (χ0) is 14.7. The third kappa shape index (κ3) is 3.13. The molecule has 0 amide bonds. The smallest absolute Gasteiger partial charge is 0.231 e. The van der Waals surface area contributed by atoms with Crippen molar-refractivity contribution < 1.29 is 8.91 Å². The maximum absolute atomic E-state index is 13.7. The molecule has 1 aromatic heterocycles. The van der Waals surface area contributed by atoms with Gasteiger partial charge < -0.3 is 9.84 Å². The highest BCUT2D eigenvalue weighted by Gasteiger charge is 2.29. The van der Waals surface area contributed by atoms with Crippen LogP contribution in [0.3, 0.4) is 0 Å². The van der Waals surface area contributed by atoms with Crippen molar-refractivity contribution in [1.29, 1.82) is 0 Å². The van der Waals surface area contributed by atoms with Crippen molar-refractivity contribution >= 4 is 0 Å². The average Bonchev–Trinajstić information content (AvgIpc) is 2.98. The van der Waals surface area contributed by atoms with Crippen LogP contribution in [0.2, 0.25) is 0 Å². The Hall–Kier alpha value is -1.75. The van der Waals surface area contributed by atoms with Crippen LogP contribution in [-0.2, 0) is 6.42 Å². The van der Waals surface area contributed by atoms with Gasteiger partial charge in [0.25, 0.3) is 0 Å². The molecule has 0 aliphatic heterocycles. The highest BCUT2D eigenvalue weighted by atomic mass is 19.1. The number of benzene rings is 1. The molecule has 1 fully saturated rings. The van der Waals surface area contributed by atoms with Gasteiger partial charge in [-0.15, -0.1) is 0 Å². The number of nitrogens with one attached hydrogen (secondary N) is 1. The van der Waals surface area contributed by atoms with Gasteiger partial charge in [-0.05, 0) is 31.5 Å². The molecule has 1 saturated carbocycles. The summed E-state index contributed by atoms with van der Waals surface area (Å²) >= 11 is 0. The van der Waals surface area contributed by atoms with E-state index in [2.05, 4.69) is 15.5 Å². The molecule has 21 heavy (non-hydrogen) atoms. The third-order valence-electron chi connectivity index (χ3n) is 4.24. The molecule has 1 aliphatic rings. The summed E-state index contributed by atoms with van der Waals surface area (Å²) in [5.41, 5.74) is 0.596. The van der Waals surface area contributed by atoms with E-state index in [9.17, 15) is 4.39 Å². The lowest BCUT2D eigenvalue weighted by atomic mass is 9.84. The molecule has 2 atom stereocenters. The number of hydrogen-bond acceptors (Lipinski definition) is 4. The summed E-state index contributed by atoms with van der Waals surface area (Å²) in [5.74, 6) is 1.27. The second-order valence-electron chi connectivity index (χ2n) is 5.60. The summed E-state index contributed by atoms with van der Waals surface area (Å²) in [6, 6.07) is 7.09. The third-order valence-corrected chi connectivity index (χ3v) is 4.24. The van der Waals surface area contributed by atoms with Crippen molar-refractivity contribution in [3.63, 3.8) is 0 Å². The predicted molar refractivity (Wildman–Crippen MR) is 77.6 cm³/mol. The molecule has 0 saturated heterocycles.